The first-order chi connectivity index (χ1) is 12.5. The van der Waals surface area contributed by atoms with Gasteiger partial charge >= 0.3 is 0 Å². The number of nitrogens with zero attached hydrogens (tertiary/aromatic N) is 1. The Morgan fingerprint density at radius 2 is 1.92 bits per heavy atom. The molecule has 0 atom stereocenters. The molecule has 2 rings (SSSR count). The summed E-state index contributed by atoms with van der Waals surface area (Å²) in [5.74, 6) is 0. The van der Waals surface area contributed by atoms with Crippen molar-refractivity contribution in [3.8, 4) is 0 Å². The van der Waals surface area contributed by atoms with E-state index >= 15 is 0 Å². The number of H-pyrrole nitrogens is 1. The van der Waals surface area contributed by atoms with Crippen molar-refractivity contribution in [2.75, 3.05) is 13.1 Å². The van der Waals surface area contributed by atoms with Crippen molar-refractivity contribution in [3.05, 3.63) is 71.7 Å². The molecule has 1 aromatic heterocycles. The van der Waals surface area contributed by atoms with Crippen LogP contribution >= 0.6 is 0 Å². The van der Waals surface area contributed by atoms with Gasteiger partial charge in [-0.05, 0) is 43.3 Å². The lowest BCUT2D eigenvalue weighted by Crippen LogP contribution is -2.33. The van der Waals surface area contributed by atoms with Crippen LogP contribution in [0.3, 0.4) is 0 Å². The second-order valence-electron chi connectivity index (χ2n) is 7.51. The Morgan fingerprint density at radius 3 is 2.62 bits per heavy atom. The zero-order valence-electron chi connectivity index (χ0n) is 16.3. The van der Waals surface area contributed by atoms with Gasteiger partial charge in [0.15, 0.2) is 0 Å². The van der Waals surface area contributed by atoms with Crippen LogP contribution in [0, 0.1) is 0 Å². The Balaban J connectivity index is 2.13. The molecule has 1 N–H and O–H groups in total. The van der Waals surface area contributed by atoms with Crippen molar-refractivity contribution in [1.29, 1.82) is 0 Å². The van der Waals surface area contributed by atoms with E-state index in [1.165, 1.54) is 22.5 Å². The summed E-state index contributed by atoms with van der Waals surface area (Å²) in [6.07, 6.45) is 13.5. The molecule has 0 unspecified atom stereocenters. The quantitative estimate of drug-likeness (QED) is 0.290. The lowest BCUT2D eigenvalue weighted by molar-refractivity contribution is -0.104. The molecule has 0 aliphatic rings. The average molecular weight is 367 g/mol. The molecule has 26 heavy (non-hydrogen) atoms. The molecule has 4 heteroatoms. The molecule has 138 valence electrons. The topological polar surface area (TPSA) is 36.1 Å². The molecule has 0 bridgehead atoms. The number of allylic oxidation sites excluding steroid dienone is 4. The number of rotatable bonds is 9. The first kappa shape index (κ1) is 20.0. The number of aromatic amines is 1. The third-order valence-corrected chi connectivity index (χ3v) is 7.00. The number of aromatic nitrogens is 1. The van der Waals surface area contributed by atoms with E-state index in [2.05, 4.69) is 79.2 Å². The summed E-state index contributed by atoms with van der Waals surface area (Å²) in [5, 5.41) is 2.84. The van der Waals surface area contributed by atoms with E-state index in [9.17, 15) is 4.79 Å². The fraction of sp³-hybridized carbons (Fsp3) is 0.318. The van der Waals surface area contributed by atoms with E-state index in [1.807, 2.05) is 6.08 Å². The summed E-state index contributed by atoms with van der Waals surface area (Å²) >= 11 is 0. The number of para-hydroxylation sites is 1. The molecule has 0 saturated carbocycles. The Hall–Kier alpha value is -2.33. The predicted molar refractivity (Wildman–Crippen MR) is 115 cm³/mol. The van der Waals surface area contributed by atoms with Crippen LogP contribution in [-0.4, -0.2) is 37.3 Å². The van der Waals surface area contributed by atoms with Gasteiger partial charge in [-0.25, -0.2) is 0 Å². The van der Waals surface area contributed by atoms with Crippen LogP contribution in [0.5, 0.6) is 0 Å². The number of carbonyl (C=O) groups is 1. The summed E-state index contributed by atoms with van der Waals surface area (Å²) in [7, 11) is -1.34. The van der Waals surface area contributed by atoms with Gasteiger partial charge < -0.3 is 9.88 Å². The molecule has 0 fully saturated rings. The predicted octanol–water partition coefficient (Wildman–Crippen LogP) is 5.10. The van der Waals surface area contributed by atoms with Crippen LogP contribution in [0.1, 0.15) is 12.5 Å². The highest BCUT2D eigenvalue weighted by Gasteiger charge is 2.20. The van der Waals surface area contributed by atoms with Crippen LogP contribution in [0.15, 0.2) is 66.2 Å². The molecule has 2 aromatic rings. The molecule has 0 amide bonds. The molecule has 3 nitrogen and oxygen atoms in total. The van der Waals surface area contributed by atoms with E-state index in [0.717, 1.165) is 25.8 Å². The number of fused-ring (bicyclic) bond motifs is 1. The van der Waals surface area contributed by atoms with E-state index < -0.39 is 8.07 Å². The summed E-state index contributed by atoms with van der Waals surface area (Å²) in [6.45, 7) is 11.2. The number of carbonyl (C=O) groups excluding carboxylic acids is 1. The molecular weight excluding hydrogens is 336 g/mol. The number of nitrogens with one attached hydrogen (secondary N) is 1. The average Bonchev–Trinajstić information content (AvgIpc) is 3.02. The van der Waals surface area contributed by atoms with E-state index in [0.29, 0.717) is 0 Å². The lowest BCUT2D eigenvalue weighted by atomic mass is 10.1. The van der Waals surface area contributed by atoms with Crippen LogP contribution < -0.4 is 0 Å². The third kappa shape index (κ3) is 5.60. The molecule has 1 aromatic carbocycles. The number of hydrogen-bond acceptors (Lipinski definition) is 2. The normalized spacial score (nSPS) is 13.2. The second-order valence-corrected chi connectivity index (χ2v) is 12.6. The zero-order valence-corrected chi connectivity index (χ0v) is 17.3. The molecule has 1 heterocycles. The van der Waals surface area contributed by atoms with Gasteiger partial charge in [0.25, 0.3) is 0 Å². The number of aldehydes is 1. The smallest absolute Gasteiger partial charge is 0.142 e. The van der Waals surface area contributed by atoms with Crippen molar-refractivity contribution in [3.63, 3.8) is 0 Å². The van der Waals surface area contributed by atoms with Gasteiger partial charge in [0.05, 0.1) is 8.07 Å². The van der Waals surface area contributed by atoms with Gasteiger partial charge in [0.1, 0.15) is 6.29 Å². The van der Waals surface area contributed by atoms with E-state index in [-0.39, 0.29) is 0 Å². The maximum Gasteiger partial charge on any atom is 0.142 e. The largest absolute Gasteiger partial charge is 0.373 e. The van der Waals surface area contributed by atoms with Crippen molar-refractivity contribution in [1.82, 2.24) is 9.88 Å². The minimum atomic E-state index is -1.34. The number of hydrogen-bond donors (Lipinski definition) is 1. The highest BCUT2D eigenvalue weighted by molar-refractivity contribution is 6.83. The Kier molecular flexibility index (Phi) is 7.22. The fourth-order valence-electron chi connectivity index (χ4n) is 3.07. The molecule has 0 saturated heterocycles. The van der Waals surface area contributed by atoms with Gasteiger partial charge in [-0.15, -0.1) is 0 Å². The fourth-order valence-corrected chi connectivity index (χ4v) is 4.61. The standard InChI is InChI=1S/C22H30N2OSi/c1-5-20(26(2,3)4)18-24(14-9-6-10-16-25)15-13-19-17-23-22-12-8-7-11-21(19)22/h5-12,14,16-17,23H,13,15,18H2,1-4H3/b10-6+,14-9+,20-5-. The zero-order chi connectivity index (χ0) is 19.0. The molecular formula is C22H30N2OSi. The second kappa shape index (κ2) is 9.39. The molecule has 0 spiro atoms. The molecule has 0 aliphatic carbocycles. The minimum absolute atomic E-state index is 0.806. The third-order valence-electron chi connectivity index (χ3n) is 4.63. The van der Waals surface area contributed by atoms with Gasteiger partial charge in [-0.2, -0.15) is 0 Å². The van der Waals surface area contributed by atoms with Crippen molar-refractivity contribution in [2.24, 2.45) is 0 Å². The van der Waals surface area contributed by atoms with Crippen molar-refractivity contribution < 1.29 is 4.79 Å². The summed E-state index contributed by atoms with van der Waals surface area (Å²) < 4.78 is 0. The Labute approximate surface area is 158 Å². The maximum absolute atomic E-state index is 10.5. The van der Waals surface area contributed by atoms with Crippen LogP contribution in [0.2, 0.25) is 19.6 Å². The van der Waals surface area contributed by atoms with E-state index in [4.69, 9.17) is 0 Å². The van der Waals surface area contributed by atoms with Crippen LogP contribution in [-0.2, 0) is 11.2 Å². The monoisotopic (exact) mass is 366 g/mol. The molecule has 0 aliphatic heterocycles. The summed E-state index contributed by atoms with van der Waals surface area (Å²) in [4.78, 5) is 16.2. The van der Waals surface area contributed by atoms with Crippen molar-refractivity contribution >= 4 is 25.3 Å². The van der Waals surface area contributed by atoms with Crippen LogP contribution in [0.4, 0.5) is 0 Å². The Morgan fingerprint density at radius 1 is 1.15 bits per heavy atom. The van der Waals surface area contributed by atoms with Crippen molar-refractivity contribution in [2.45, 2.75) is 33.0 Å². The lowest BCUT2D eigenvalue weighted by Gasteiger charge is -2.28. The number of benzene rings is 1. The van der Waals surface area contributed by atoms with Gasteiger partial charge in [-0.1, -0.05) is 55.2 Å². The van der Waals surface area contributed by atoms with Gasteiger partial charge in [0, 0.05) is 30.2 Å². The summed E-state index contributed by atoms with van der Waals surface area (Å²) in [5.41, 5.74) is 2.53. The molecule has 0 radical (unpaired) electrons. The maximum atomic E-state index is 10.5. The first-order valence-electron chi connectivity index (χ1n) is 9.19. The van der Waals surface area contributed by atoms with Gasteiger partial charge in [-0.3, -0.25) is 4.79 Å². The first-order valence-corrected chi connectivity index (χ1v) is 12.7. The summed E-state index contributed by atoms with van der Waals surface area (Å²) in [6, 6.07) is 8.44. The highest BCUT2D eigenvalue weighted by atomic mass is 28.3. The SMILES string of the molecule is C/C=C(/CN(/C=C/C=C/C=O)CCc1c[nH]c2ccccc12)[Si](C)(C)C. The van der Waals surface area contributed by atoms with Gasteiger partial charge in [0.2, 0.25) is 0 Å². The highest BCUT2D eigenvalue weighted by Crippen LogP contribution is 2.20. The minimum Gasteiger partial charge on any atom is -0.373 e. The Bertz CT molecular complexity index is 809. The van der Waals surface area contributed by atoms with Crippen LogP contribution in [0.25, 0.3) is 10.9 Å². The van der Waals surface area contributed by atoms with E-state index in [1.54, 1.807) is 11.3 Å².